The van der Waals surface area contributed by atoms with Gasteiger partial charge in [-0.3, -0.25) is 4.79 Å². The summed E-state index contributed by atoms with van der Waals surface area (Å²) in [5.41, 5.74) is 1.07. The minimum absolute atomic E-state index is 0.0154. The molecule has 0 unspecified atom stereocenters. The third kappa shape index (κ3) is 4.86. The van der Waals surface area contributed by atoms with Crippen molar-refractivity contribution in [1.82, 2.24) is 15.2 Å². The van der Waals surface area contributed by atoms with Crippen molar-refractivity contribution in [2.45, 2.75) is 71.1 Å². The normalized spacial score (nSPS) is 20.0. The molecule has 2 aromatic rings. The van der Waals surface area contributed by atoms with Gasteiger partial charge >= 0.3 is 6.09 Å². The molecule has 1 aromatic carbocycles. The maximum absolute atomic E-state index is 13.1. The van der Waals surface area contributed by atoms with E-state index in [4.69, 9.17) is 4.74 Å². The zero-order valence-corrected chi connectivity index (χ0v) is 17.2. The lowest BCUT2D eigenvalue weighted by Crippen LogP contribution is -2.48. The summed E-state index contributed by atoms with van der Waals surface area (Å²) < 4.78 is 5.38. The van der Waals surface area contributed by atoms with E-state index in [0.29, 0.717) is 12.2 Å². The number of para-hydroxylation sites is 1. The molecule has 6 nitrogen and oxygen atoms in total. The second-order valence-electron chi connectivity index (χ2n) is 8.53. The molecular weight excluding hydrogens is 354 g/mol. The molecular formula is C22H31N3O3. The minimum atomic E-state index is -0.515. The molecule has 152 valence electrons. The largest absolute Gasteiger partial charge is 0.444 e. The van der Waals surface area contributed by atoms with Crippen LogP contribution >= 0.6 is 0 Å². The zero-order chi connectivity index (χ0) is 20.3. The van der Waals surface area contributed by atoms with E-state index in [1.54, 1.807) is 0 Å². The van der Waals surface area contributed by atoms with E-state index in [1.165, 1.54) is 0 Å². The lowest BCUT2D eigenvalue weighted by molar-refractivity contribution is 0.0460. The fourth-order valence-electron chi connectivity index (χ4n) is 3.96. The highest BCUT2D eigenvalue weighted by molar-refractivity contribution is 5.98. The van der Waals surface area contributed by atoms with Crippen LogP contribution < -0.4 is 5.32 Å². The van der Waals surface area contributed by atoms with Gasteiger partial charge in [0.25, 0.3) is 5.91 Å². The first kappa shape index (κ1) is 20.2. The lowest BCUT2D eigenvalue weighted by atomic mass is 9.89. The first-order valence-electron chi connectivity index (χ1n) is 10.1. The van der Waals surface area contributed by atoms with Gasteiger partial charge in [-0.15, -0.1) is 0 Å². The predicted molar refractivity (Wildman–Crippen MR) is 110 cm³/mol. The molecule has 2 atom stereocenters. The van der Waals surface area contributed by atoms with Crippen molar-refractivity contribution in [3.8, 4) is 0 Å². The number of aromatic nitrogens is 1. The molecule has 2 N–H and O–H groups in total. The zero-order valence-electron chi connectivity index (χ0n) is 17.2. The lowest BCUT2D eigenvalue weighted by Gasteiger charge is -2.37. The third-order valence-electron chi connectivity index (χ3n) is 5.17. The number of benzene rings is 1. The van der Waals surface area contributed by atoms with Gasteiger partial charge in [-0.1, -0.05) is 18.2 Å². The van der Waals surface area contributed by atoms with Crippen LogP contribution in [0.1, 0.15) is 63.9 Å². The summed E-state index contributed by atoms with van der Waals surface area (Å²) in [7, 11) is 0. The summed E-state index contributed by atoms with van der Waals surface area (Å²) in [5, 5.41) is 4.01. The van der Waals surface area contributed by atoms with Crippen LogP contribution in [0.2, 0.25) is 0 Å². The molecule has 6 heteroatoms. The highest BCUT2D eigenvalue weighted by atomic mass is 16.6. The summed E-state index contributed by atoms with van der Waals surface area (Å²) in [6.45, 7) is 8.21. The van der Waals surface area contributed by atoms with Gasteiger partial charge in [-0.05, 0) is 65.5 Å². The van der Waals surface area contributed by atoms with Crippen LogP contribution in [-0.4, -0.2) is 46.1 Å². The maximum atomic E-state index is 13.1. The number of nitrogens with zero attached hydrogens (tertiary/aromatic N) is 1. The van der Waals surface area contributed by atoms with Gasteiger partial charge < -0.3 is 19.9 Å². The van der Waals surface area contributed by atoms with Gasteiger partial charge in [0.2, 0.25) is 0 Å². The summed E-state index contributed by atoms with van der Waals surface area (Å²) >= 11 is 0. The van der Waals surface area contributed by atoms with E-state index >= 15 is 0 Å². The Morgan fingerprint density at radius 3 is 2.68 bits per heavy atom. The van der Waals surface area contributed by atoms with Crippen LogP contribution in [0.4, 0.5) is 4.79 Å². The van der Waals surface area contributed by atoms with Crippen molar-refractivity contribution in [3.63, 3.8) is 0 Å². The quantitative estimate of drug-likeness (QED) is 0.816. The van der Waals surface area contributed by atoms with Gasteiger partial charge in [0, 0.05) is 29.5 Å². The molecule has 1 saturated carbocycles. The summed E-state index contributed by atoms with van der Waals surface area (Å²) in [6.07, 6.45) is 3.20. The van der Waals surface area contributed by atoms with Crippen LogP contribution in [-0.2, 0) is 4.74 Å². The Balaban J connectivity index is 1.67. The molecule has 1 aliphatic rings. The molecule has 0 spiro atoms. The molecule has 0 aliphatic heterocycles. The van der Waals surface area contributed by atoms with E-state index in [2.05, 4.69) is 10.3 Å². The van der Waals surface area contributed by atoms with E-state index in [-0.39, 0.29) is 24.1 Å². The fourth-order valence-corrected chi connectivity index (χ4v) is 3.96. The topological polar surface area (TPSA) is 74.4 Å². The number of hydrogen-bond donors (Lipinski definition) is 2. The Morgan fingerprint density at radius 2 is 2.00 bits per heavy atom. The number of fused-ring (bicyclic) bond motifs is 1. The van der Waals surface area contributed by atoms with Crippen LogP contribution in [0.25, 0.3) is 10.9 Å². The van der Waals surface area contributed by atoms with E-state index in [0.717, 1.165) is 36.6 Å². The highest BCUT2D eigenvalue weighted by Crippen LogP contribution is 2.26. The van der Waals surface area contributed by atoms with Crippen molar-refractivity contribution < 1.29 is 14.3 Å². The van der Waals surface area contributed by atoms with Gasteiger partial charge in [0.05, 0.1) is 0 Å². The second-order valence-corrected chi connectivity index (χ2v) is 8.53. The number of ether oxygens (including phenoxy) is 1. The number of alkyl carbamates (subject to hydrolysis) is 1. The number of carbonyl (C=O) groups excluding carboxylic acids is 2. The number of H-pyrrole nitrogens is 1. The van der Waals surface area contributed by atoms with Crippen LogP contribution in [0.5, 0.6) is 0 Å². The van der Waals surface area contributed by atoms with E-state index in [9.17, 15) is 9.59 Å². The van der Waals surface area contributed by atoms with E-state index in [1.807, 2.05) is 62.9 Å². The predicted octanol–water partition coefficient (Wildman–Crippen LogP) is 4.47. The van der Waals surface area contributed by atoms with Crippen molar-refractivity contribution >= 4 is 22.9 Å². The van der Waals surface area contributed by atoms with Crippen molar-refractivity contribution in [2.24, 2.45) is 0 Å². The minimum Gasteiger partial charge on any atom is -0.444 e. The average Bonchev–Trinajstić information content (AvgIpc) is 3.05. The molecule has 28 heavy (non-hydrogen) atoms. The first-order chi connectivity index (χ1) is 13.3. The number of amides is 2. The fraction of sp³-hybridized carbons (Fsp3) is 0.545. The Bertz CT molecular complexity index is 804. The van der Waals surface area contributed by atoms with Crippen molar-refractivity contribution in [1.29, 1.82) is 0 Å². The van der Waals surface area contributed by atoms with Gasteiger partial charge in [-0.25, -0.2) is 4.79 Å². The Hall–Kier alpha value is -2.50. The molecule has 2 amide bonds. The number of aromatic amines is 1. The summed E-state index contributed by atoms with van der Waals surface area (Å²) in [5.74, 6) is 0.0154. The van der Waals surface area contributed by atoms with Crippen molar-refractivity contribution in [3.05, 3.63) is 36.0 Å². The number of carbonyl (C=O) groups is 2. The van der Waals surface area contributed by atoms with Crippen molar-refractivity contribution in [2.75, 3.05) is 6.54 Å². The maximum Gasteiger partial charge on any atom is 0.407 e. The number of rotatable bonds is 4. The molecule has 1 heterocycles. The highest BCUT2D eigenvalue weighted by Gasteiger charge is 2.31. The Morgan fingerprint density at radius 1 is 1.25 bits per heavy atom. The van der Waals surface area contributed by atoms with Gasteiger partial charge in [-0.2, -0.15) is 0 Å². The standard InChI is InChI=1S/C22H31N3O3/c1-5-25(20(26)19-13-15-9-6-7-12-18(15)24-19)17-11-8-10-16(14-17)23-21(27)28-22(2,3)4/h6-7,9,12-13,16-17,24H,5,8,10-11,14H2,1-4H3,(H,23,27)/t16-,17+/m1/s1. The van der Waals surface area contributed by atoms with Crippen LogP contribution in [0.15, 0.2) is 30.3 Å². The Labute approximate surface area is 166 Å². The molecule has 0 radical (unpaired) electrons. The second kappa shape index (κ2) is 8.25. The number of hydrogen-bond acceptors (Lipinski definition) is 3. The molecule has 1 fully saturated rings. The summed E-state index contributed by atoms with van der Waals surface area (Å²) in [6, 6.07) is 9.95. The SMILES string of the molecule is CCN(C(=O)c1cc2ccccc2[nH]1)[C@H]1CCC[C@@H](NC(=O)OC(C)(C)C)C1. The molecule has 1 aliphatic carbocycles. The summed E-state index contributed by atoms with van der Waals surface area (Å²) in [4.78, 5) is 30.4. The first-order valence-corrected chi connectivity index (χ1v) is 10.1. The van der Waals surface area contributed by atoms with Gasteiger partial charge in [0.15, 0.2) is 0 Å². The molecule has 0 saturated heterocycles. The molecule has 0 bridgehead atoms. The molecule has 1 aromatic heterocycles. The Kier molecular flexibility index (Phi) is 5.96. The van der Waals surface area contributed by atoms with E-state index < -0.39 is 5.60 Å². The third-order valence-corrected chi connectivity index (χ3v) is 5.17. The number of nitrogens with one attached hydrogen (secondary N) is 2. The average molecular weight is 386 g/mol. The van der Waals surface area contributed by atoms with Crippen LogP contribution in [0.3, 0.4) is 0 Å². The molecule has 3 rings (SSSR count). The monoisotopic (exact) mass is 385 g/mol. The smallest absolute Gasteiger partial charge is 0.407 e. The van der Waals surface area contributed by atoms with Gasteiger partial charge in [0.1, 0.15) is 11.3 Å². The van der Waals surface area contributed by atoms with Crippen LogP contribution in [0, 0.1) is 0 Å².